The molecular formula is C30H26BrNO6. The molecule has 8 heteroatoms. The first kappa shape index (κ1) is 25.7. The first-order chi connectivity index (χ1) is 18.5. The Morgan fingerprint density at radius 2 is 1.71 bits per heavy atom. The van der Waals surface area contributed by atoms with Crippen LogP contribution in [0, 0.1) is 0 Å². The van der Waals surface area contributed by atoms with Crippen LogP contribution in [0.3, 0.4) is 0 Å². The van der Waals surface area contributed by atoms with Crippen molar-refractivity contribution in [3.05, 3.63) is 93.3 Å². The van der Waals surface area contributed by atoms with E-state index in [4.69, 9.17) is 13.9 Å². The molecular weight excluding hydrogens is 550 g/mol. The zero-order valence-corrected chi connectivity index (χ0v) is 22.2. The number of benzene rings is 3. The van der Waals surface area contributed by atoms with Gasteiger partial charge in [0.2, 0.25) is 0 Å². The van der Waals surface area contributed by atoms with Crippen LogP contribution < -0.4 is 20.4 Å². The van der Waals surface area contributed by atoms with Gasteiger partial charge in [-0.2, -0.15) is 0 Å². The Bertz CT molecular complexity index is 1530. The fourth-order valence-electron chi connectivity index (χ4n) is 4.55. The minimum absolute atomic E-state index is 0.0370. The molecule has 1 aliphatic carbocycles. The number of hydrogen-bond donors (Lipinski definition) is 1. The number of amides is 1. The molecule has 0 aliphatic heterocycles. The lowest BCUT2D eigenvalue weighted by atomic mass is 9.95. The second-order valence-electron chi connectivity index (χ2n) is 9.23. The molecule has 1 N–H and O–H groups in total. The molecule has 5 rings (SSSR count). The molecule has 0 bridgehead atoms. The van der Waals surface area contributed by atoms with Crippen molar-refractivity contribution < 1.29 is 23.5 Å². The van der Waals surface area contributed by atoms with Gasteiger partial charge in [0.05, 0.1) is 4.47 Å². The van der Waals surface area contributed by atoms with Crippen molar-refractivity contribution in [3.8, 4) is 22.6 Å². The number of carbonyl (C=O) groups is 2. The first-order valence-electron chi connectivity index (χ1n) is 12.5. The zero-order valence-electron chi connectivity index (χ0n) is 20.6. The Hall–Kier alpha value is -3.91. The molecule has 0 unspecified atom stereocenters. The highest BCUT2D eigenvalue weighted by atomic mass is 79.9. The molecule has 3 aromatic carbocycles. The van der Waals surface area contributed by atoms with Gasteiger partial charge in [-0.3, -0.25) is 4.79 Å². The third kappa shape index (κ3) is 6.14. The average molecular weight is 576 g/mol. The van der Waals surface area contributed by atoms with Gasteiger partial charge in [0, 0.05) is 17.5 Å². The highest BCUT2D eigenvalue weighted by Gasteiger charge is 2.20. The van der Waals surface area contributed by atoms with Crippen molar-refractivity contribution >= 4 is 38.8 Å². The summed E-state index contributed by atoms with van der Waals surface area (Å²) in [5, 5.41) is 3.49. The summed E-state index contributed by atoms with van der Waals surface area (Å²) < 4.78 is 17.1. The Morgan fingerprint density at radius 1 is 0.921 bits per heavy atom. The molecule has 1 saturated carbocycles. The van der Waals surface area contributed by atoms with E-state index in [1.807, 2.05) is 42.5 Å². The van der Waals surface area contributed by atoms with E-state index < -0.39 is 17.5 Å². The topological polar surface area (TPSA) is 94.8 Å². The third-order valence-corrected chi connectivity index (χ3v) is 7.13. The van der Waals surface area contributed by atoms with Crippen LogP contribution >= 0.6 is 15.9 Å². The predicted molar refractivity (Wildman–Crippen MR) is 148 cm³/mol. The number of rotatable bonds is 7. The number of esters is 1. The smallest absolute Gasteiger partial charge is 0.349 e. The lowest BCUT2D eigenvalue weighted by molar-refractivity contribution is -0.136. The van der Waals surface area contributed by atoms with Crippen LogP contribution in [-0.2, 0) is 4.79 Å². The van der Waals surface area contributed by atoms with E-state index in [0.717, 1.165) is 36.8 Å². The minimum atomic E-state index is -0.735. The van der Waals surface area contributed by atoms with Crippen molar-refractivity contribution in [1.82, 2.24) is 5.32 Å². The lowest BCUT2D eigenvalue weighted by Gasteiger charge is -2.22. The van der Waals surface area contributed by atoms with E-state index in [1.54, 1.807) is 18.2 Å². The fraction of sp³-hybridized carbons (Fsp3) is 0.233. The Balaban J connectivity index is 1.21. The van der Waals surface area contributed by atoms with Crippen LogP contribution in [0.2, 0.25) is 0 Å². The molecule has 0 atom stereocenters. The Kier molecular flexibility index (Phi) is 7.89. The molecule has 1 aliphatic rings. The van der Waals surface area contributed by atoms with Crippen molar-refractivity contribution in [2.24, 2.45) is 0 Å². The highest BCUT2D eigenvalue weighted by molar-refractivity contribution is 9.10. The van der Waals surface area contributed by atoms with E-state index in [0.29, 0.717) is 15.6 Å². The third-order valence-electron chi connectivity index (χ3n) is 6.51. The molecule has 4 aromatic rings. The van der Waals surface area contributed by atoms with Crippen molar-refractivity contribution in [3.63, 3.8) is 0 Å². The largest absolute Gasteiger partial charge is 0.481 e. The van der Waals surface area contributed by atoms with Crippen molar-refractivity contribution in [2.45, 2.75) is 38.1 Å². The van der Waals surface area contributed by atoms with Gasteiger partial charge < -0.3 is 19.2 Å². The van der Waals surface area contributed by atoms with Crippen LogP contribution in [0.1, 0.15) is 42.5 Å². The van der Waals surface area contributed by atoms with Gasteiger partial charge in [0.1, 0.15) is 22.6 Å². The van der Waals surface area contributed by atoms with Crippen LogP contribution in [0.15, 0.2) is 86.5 Å². The van der Waals surface area contributed by atoms with Crippen LogP contribution in [-0.4, -0.2) is 24.5 Å². The van der Waals surface area contributed by atoms with Gasteiger partial charge in [-0.25, -0.2) is 9.59 Å². The van der Waals surface area contributed by atoms with Crippen LogP contribution in [0.4, 0.5) is 0 Å². The SMILES string of the molecule is O=C(COc1ccc(-c2ccccc2)cc1Br)Oc1ccc2cc(C(=O)NC3CCCCC3)c(=O)oc2c1. The van der Waals surface area contributed by atoms with Crippen molar-refractivity contribution in [1.29, 1.82) is 0 Å². The lowest BCUT2D eigenvalue weighted by Crippen LogP contribution is -2.38. The molecule has 0 spiro atoms. The molecule has 0 saturated heterocycles. The summed E-state index contributed by atoms with van der Waals surface area (Å²) in [6.45, 7) is -0.314. The monoisotopic (exact) mass is 575 g/mol. The summed E-state index contributed by atoms with van der Waals surface area (Å²) in [6.07, 6.45) is 5.14. The second kappa shape index (κ2) is 11.6. The normalized spacial score (nSPS) is 13.7. The van der Waals surface area contributed by atoms with E-state index in [-0.39, 0.29) is 29.5 Å². The molecule has 194 valence electrons. The maximum Gasteiger partial charge on any atom is 0.349 e. The maximum atomic E-state index is 12.6. The number of fused-ring (bicyclic) bond motifs is 1. The zero-order chi connectivity index (χ0) is 26.5. The van der Waals surface area contributed by atoms with E-state index in [1.165, 1.54) is 18.6 Å². The van der Waals surface area contributed by atoms with E-state index in [9.17, 15) is 14.4 Å². The molecule has 1 fully saturated rings. The maximum absolute atomic E-state index is 12.6. The summed E-state index contributed by atoms with van der Waals surface area (Å²) in [4.78, 5) is 37.5. The molecule has 1 heterocycles. The quantitative estimate of drug-likeness (QED) is 0.158. The van der Waals surface area contributed by atoms with Gasteiger partial charge in [-0.05, 0) is 70.2 Å². The Morgan fingerprint density at radius 3 is 2.47 bits per heavy atom. The van der Waals surface area contributed by atoms with Gasteiger partial charge in [-0.1, -0.05) is 55.7 Å². The van der Waals surface area contributed by atoms with Gasteiger partial charge in [-0.15, -0.1) is 0 Å². The first-order valence-corrected chi connectivity index (χ1v) is 13.3. The predicted octanol–water partition coefficient (Wildman–Crippen LogP) is 6.27. The van der Waals surface area contributed by atoms with Crippen LogP contribution in [0.5, 0.6) is 11.5 Å². The minimum Gasteiger partial charge on any atom is -0.481 e. The second-order valence-corrected chi connectivity index (χ2v) is 10.1. The highest BCUT2D eigenvalue weighted by Crippen LogP contribution is 2.31. The number of nitrogens with one attached hydrogen (secondary N) is 1. The fourth-order valence-corrected chi connectivity index (χ4v) is 5.04. The van der Waals surface area contributed by atoms with Gasteiger partial charge in [0.25, 0.3) is 5.91 Å². The summed E-state index contributed by atoms with van der Waals surface area (Å²) >= 11 is 3.49. The molecule has 0 radical (unpaired) electrons. The van der Waals surface area contributed by atoms with E-state index >= 15 is 0 Å². The molecule has 1 aromatic heterocycles. The van der Waals surface area contributed by atoms with Crippen molar-refractivity contribution in [2.75, 3.05) is 6.61 Å². The summed E-state index contributed by atoms with van der Waals surface area (Å²) in [7, 11) is 0. The summed E-state index contributed by atoms with van der Waals surface area (Å²) in [5.41, 5.74) is 1.53. The summed E-state index contributed by atoms with van der Waals surface area (Å²) in [5.74, 6) is -0.338. The number of halogens is 1. The molecule has 38 heavy (non-hydrogen) atoms. The van der Waals surface area contributed by atoms with Gasteiger partial charge in [0.15, 0.2) is 6.61 Å². The van der Waals surface area contributed by atoms with Gasteiger partial charge >= 0.3 is 11.6 Å². The molecule has 7 nitrogen and oxygen atoms in total. The van der Waals surface area contributed by atoms with Crippen LogP contribution in [0.25, 0.3) is 22.1 Å². The number of ether oxygens (including phenoxy) is 2. The average Bonchev–Trinajstić information content (AvgIpc) is 2.93. The number of carbonyl (C=O) groups excluding carboxylic acids is 2. The Labute approximate surface area is 227 Å². The standard InChI is InChI=1S/C30H26BrNO6/c31-25-16-20(19-7-3-1-4-8-19)12-14-26(25)36-18-28(33)37-23-13-11-21-15-24(30(35)38-27(21)17-23)29(34)32-22-9-5-2-6-10-22/h1,3-4,7-8,11-17,22H,2,5-6,9-10,18H2,(H,32,34). The number of hydrogen-bond acceptors (Lipinski definition) is 6. The van der Waals surface area contributed by atoms with E-state index in [2.05, 4.69) is 21.2 Å². The molecule has 1 amide bonds. The summed E-state index contributed by atoms with van der Waals surface area (Å²) in [6, 6.07) is 21.8.